The zero-order valence-electron chi connectivity index (χ0n) is 10.6. The molecular weight excluding hydrogens is 220 g/mol. The topological polar surface area (TPSA) is 38.0 Å². The van der Waals surface area contributed by atoms with Gasteiger partial charge in [-0.05, 0) is 35.1 Å². The van der Waals surface area contributed by atoms with E-state index < -0.39 is 0 Å². The Morgan fingerprint density at radius 3 is 2.61 bits per heavy atom. The Morgan fingerprint density at radius 2 is 1.89 bits per heavy atom. The Bertz CT molecular complexity index is 531. The van der Waals surface area contributed by atoms with Gasteiger partial charge in [0.2, 0.25) is 0 Å². The third kappa shape index (κ3) is 2.71. The van der Waals surface area contributed by atoms with Crippen molar-refractivity contribution < 1.29 is 0 Å². The maximum absolute atomic E-state index is 5.66. The Kier molecular flexibility index (Phi) is 3.31. The zero-order chi connectivity index (χ0) is 12.4. The fourth-order valence-corrected chi connectivity index (χ4v) is 2.62. The second-order valence-corrected chi connectivity index (χ2v) is 5.43. The maximum Gasteiger partial charge on any atom is 0.0253 e. The van der Waals surface area contributed by atoms with Crippen LogP contribution in [0.3, 0.4) is 0 Å². The molecule has 2 nitrogen and oxygen atoms in total. The van der Waals surface area contributed by atoms with E-state index in [2.05, 4.69) is 47.9 Å². The minimum absolute atomic E-state index is 0.415. The first-order valence-electron chi connectivity index (χ1n) is 6.79. The van der Waals surface area contributed by atoms with Crippen molar-refractivity contribution in [1.29, 1.82) is 0 Å². The summed E-state index contributed by atoms with van der Waals surface area (Å²) in [5.41, 5.74) is 4.34. The van der Waals surface area contributed by atoms with Gasteiger partial charge in [-0.3, -0.25) is 11.3 Å². The minimum atomic E-state index is 0.415. The molecule has 18 heavy (non-hydrogen) atoms. The molecule has 0 bridgehead atoms. The van der Waals surface area contributed by atoms with Gasteiger partial charge in [-0.25, -0.2) is 0 Å². The molecule has 0 radical (unpaired) electrons. The first-order chi connectivity index (χ1) is 8.85. The Morgan fingerprint density at radius 1 is 1.11 bits per heavy atom. The molecule has 3 N–H and O–H groups in total. The Hall–Kier alpha value is -1.38. The molecule has 94 valence electrons. The van der Waals surface area contributed by atoms with Crippen molar-refractivity contribution in [3.05, 3.63) is 48.0 Å². The number of benzene rings is 2. The number of hydrogen-bond acceptors (Lipinski definition) is 2. The fourth-order valence-electron chi connectivity index (χ4n) is 2.62. The van der Waals surface area contributed by atoms with Crippen LogP contribution in [0.1, 0.15) is 24.8 Å². The fraction of sp³-hybridized carbons (Fsp3) is 0.375. The number of hydrogen-bond donors (Lipinski definition) is 2. The van der Waals surface area contributed by atoms with Crippen LogP contribution >= 0.6 is 0 Å². The van der Waals surface area contributed by atoms with Gasteiger partial charge in [0.05, 0.1) is 0 Å². The summed E-state index contributed by atoms with van der Waals surface area (Å²) >= 11 is 0. The van der Waals surface area contributed by atoms with Crippen LogP contribution in [0.2, 0.25) is 0 Å². The van der Waals surface area contributed by atoms with Gasteiger partial charge in [-0.15, -0.1) is 0 Å². The van der Waals surface area contributed by atoms with E-state index in [9.17, 15) is 0 Å². The summed E-state index contributed by atoms with van der Waals surface area (Å²) in [6, 6.07) is 15.6. The summed E-state index contributed by atoms with van der Waals surface area (Å²) in [5.74, 6) is 6.57. The number of nitrogens with one attached hydrogen (secondary N) is 1. The number of rotatable bonds is 5. The summed E-state index contributed by atoms with van der Waals surface area (Å²) in [4.78, 5) is 0. The predicted octanol–water partition coefficient (Wildman–Crippen LogP) is 3.01. The second-order valence-electron chi connectivity index (χ2n) is 5.43. The van der Waals surface area contributed by atoms with E-state index in [1.807, 2.05) is 0 Å². The highest BCUT2D eigenvalue weighted by molar-refractivity contribution is 5.82. The molecule has 0 heterocycles. The molecule has 1 aliphatic carbocycles. The molecule has 2 aromatic carbocycles. The Labute approximate surface area is 108 Å². The smallest absolute Gasteiger partial charge is 0.0253 e. The van der Waals surface area contributed by atoms with E-state index in [1.54, 1.807) is 0 Å². The monoisotopic (exact) mass is 240 g/mol. The van der Waals surface area contributed by atoms with Crippen LogP contribution < -0.4 is 11.3 Å². The van der Waals surface area contributed by atoms with Crippen molar-refractivity contribution in [2.45, 2.75) is 31.7 Å². The molecule has 0 amide bonds. The van der Waals surface area contributed by atoms with Crippen LogP contribution in [0.15, 0.2) is 42.5 Å². The van der Waals surface area contributed by atoms with Gasteiger partial charge in [0.1, 0.15) is 0 Å². The molecular formula is C16H20N2. The molecule has 0 saturated heterocycles. The lowest BCUT2D eigenvalue weighted by Gasteiger charge is -2.15. The summed E-state index contributed by atoms with van der Waals surface area (Å²) in [5, 5.41) is 2.62. The van der Waals surface area contributed by atoms with Gasteiger partial charge in [0.25, 0.3) is 0 Å². The maximum atomic E-state index is 5.66. The molecule has 0 aromatic heterocycles. The molecule has 1 fully saturated rings. The van der Waals surface area contributed by atoms with E-state index in [4.69, 9.17) is 5.84 Å². The normalized spacial score (nSPS) is 16.9. The van der Waals surface area contributed by atoms with E-state index >= 15 is 0 Å². The first kappa shape index (κ1) is 11.7. The van der Waals surface area contributed by atoms with Crippen LogP contribution in [-0.2, 0) is 6.42 Å². The van der Waals surface area contributed by atoms with Crippen LogP contribution in [-0.4, -0.2) is 6.04 Å². The van der Waals surface area contributed by atoms with Crippen LogP contribution in [0.4, 0.5) is 0 Å². The third-order valence-electron chi connectivity index (χ3n) is 3.85. The average Bonchev–Trinajstić information content (AvgIpc) is 3.22. The summed E-state index contributed by atoms with van der Waals surface area (Å²) in [6.45, 7) is 0. The van der Waals surface area contributed by atoms with Gasteiger partial charge in [0.15, 0.2) is 0 Å². The van der Waals surface area contributed by atoms with Crippen LogP contribution in [0.25, 0.3) is 10.8 Å². The molecule has 2 aromatic rings. The van der Waals surface area contributed by atoms with Crippen molar-refractivity contribution in [1.82, 2.24) is 5.43 Å². The van der Waals surface area contributed by atoms with Gasteiger partial charge in [-0.2, -0.15) is 0 Å². The van der Waals surface area contributed by atoms with E-state index in [0.29, 0.717) is 6.04 Å². The number of hydrazine groups is 1. The zero-order valence-corrected chi connectivity index (χ0v) is 10.6. The lowest BCUT2D eigenvalue weighted by molar-refractivity contribution is 0.466. The SMILES string of the molecule is NNC(Cc1ccc2ccccc2c1)CC1CC1. The van der Waals surface area contributed by atoms with Gasteiger partial charge < -0.3 is 0 Å². The highest BCUT2D eigenvalue weighted by Gasteiger charge is 2.24. The third-order valence-corrected chi connectivity index (χ3v) is 3.85. The lowest BCUT2D eigenvalue weighted by atomic mass is 9.99. The van der Waals surface area contributed by atoms with Crippen LogP contribution in [0, 0.1) is 5.92 Å². The lowest BCUT2D eigenvalue weighted by Crippen LogP contribution is -2.37. The summed E-state index contributed by atoms with van der Waals surface area (Å²) in [6.07, 6.45) is 5.01. The second kappa shape index (κ2) is 5.09. The van der Waals surface area contributed by atoms with E-state index in [0.717, 1.165) is 12.3 Å². The molecule has 1 aliphatic rings. The largest absolute Gasteiger partial charge is 0.271 e. The Balaban J connectivity index is 1.76. The molecule has 1 atom stereocenters. The molecule has 2 heteroatoms. The number of fused-ring (bicyclic) bond motifs is 1. The predicted molar refractivity (Wildman–Crippen MR) is 76.1 cm³/mol. The van der Waals surface area contributed by atoms with Crippen LogP contribution in [0.5, 0.6) is 0 Å². The van der Waals surface area contributed by atoms with Gasteiger partial charge in [0, 0.05) is 6.04 Å². The molecule has 0 spiro atoms. The minimum Gasteiger partial charge on any atom is -0.271 e. The summed E-state index contributed by atoms with van der Waals surface area (Å²) < 4.78 is 0. The van der Waals surface area contributed by atoms with Crippen molar-refractivity contribution in [2.24, 2.45) is 11.8 Å². The molecule has 3 rings (SSSR count). The van der Waals surface area contributed by atoms with Crippen molar-refractivity contribution in [2.75, 3.05) is 0 Å². The quantitative estimate of drug-likeness (QED) is 0.623. The molecule has 0 aliphatic heterocycles. The van der Waals surface area contributed by atoms with E-state index in [-0.39, 0.29) is 0 Å². The standard InChI is InChI=1S/C16H20N2/c17-18-16(10-12-5-6-12)11-13-7-8-14-3-1-2-4-15(14)9-13/h1-4,7-9,12,16,18H,5-6,10-11,17H2. The van der Waals surface area contributed by atoms with Crippen molar-refractivity contribution >= 4 is 10.8 Å². The highest BCUT2D eigenvalue weighted by Crippen LogP contribution is 2.34. The van der Waals surface area contributed by atoms with Gasteiger partial charge >= 0.3 is 0 Å². The highest BCUT2D eigenvalue weighted by atomic mass is 15.2. The summed E-state index contributed by atoms with van der Waals surface area (Å²) in [7, 11) is 0. The van der Waals surface area contributed by atoms with Crippen molar-refractivity contribution in [3.8, 4) is 0 Å². The van der Waals surface area contributed by atoms with E-state index in [1.165, 1.54) is 35.6 Å². The molecule has 1 unspecified atom stereocenters. The number of nitrogens with two attached hydrogens (primary N) is 1. The molecule has 1 saturated carbocycles. The average molecular weight is 240 g/mol. The van der Waals surface area contributed by atoms with Crippen molar-refractivity contribution in [3.63, 3.8) is 0 Å². The van der Waals surface area contributed by atoms with Gasteiger partial charge in [-0.1, -0.05) is 55.3 Å². The first-order valence-corrected chi connectivity index (χ1v) is 6.79.